The highest BCUT2D eigenvalue weighted by Gasteiger charge is 2.25. The van der Waals surface area contributed by atoms with Crippen LogP contribution < -0.4 is 4.74 Å². The van der Waals surface area contributed by atoms with Crippen molar-refractivity contribution in [1.82, 2.24) is 4.90 Å². The Hall–Kier alpha value is -0.930. The molecule has 1 amide bonds. The lowest BCUT2D eigenvalue weighted by atomic mass is 10.00. The lowest BCUT2D eigenvalue weighted by Crippen LogP contribution is -2.45. The predicted octanol–water partition coefficient (Wildman–Crippen LogP) is 4.16. The maximum absolute atomic E-state index is 12.3. The standard InChI is InChI=1S/C15H19Cl2NO2/c1-2-12-5-3-4-8-18(12)15(19)10-20-14-7-6-11(16)9-13(14)17/h6-7,9,12H,2-5,8,10H2,1H3. The number of benzene rings is 1. The number of likely N-dealkylation sites (tertiary alicyclic amines) is 1. The normalized spacial score (nSPS) is 18.9. The van der Waals surface area contributed by atoms with Gasteiger partial charge in [0.05, 0.1) is 5.02 Å². The molecule has 1 aromatic carbocycles. The van der Waals surface area contributed by atoms with E-state index in [2.05, 4.69) is 6.92 Å². The third kappa shape index (κ3) is 3.80. The Morgan fingerprint density at radius 3 is 2.90 bits per heavy atom. The maximum Gasteiger partial charge on any atom is 0.260 e. The van der Waals surface area contributed by atoms with Gasteiger partial charge in [0.25, 0.3) is 5.91 Å². The van der Waals surface area contributed by atoms with Crippen molar-refractivity contribution in [2.75, 3.05) is 13.2 Å². The summed E-state index contributed by atoms with van der Waals surface area (Å²) in [6, 6.07) is 5.34. The van der Waals surface area contributed by atoms with Gasteiger partial charge in [0, 0.05) is 17.6 Å². The van der Waals surface area contributed by atoms with Crippen LogP contribution in [0.2, 0.25) is 10.0 Å². The minimum absolute atomic E-state index is 0.0256. The van der Waals surface area contributed by atoms with Crippen LogP contribution in [0.3, 0.4) is 0 Å². The summed E-state index contributed by atoms with van der Waals surface area (Å²) < 4.78 is 5.52. The predicted molar refractivity (Wildman–Crippen MR) is 81.6 cm³/mol. The number of carbonyl (C=O) groups is 1. The fraction of sp³-hybridized carbons (Fsp3) is 0.533. The molecule has 3 nitrogen and oxygen atoms in total. The highest BCUT2D eigenvalue weighted by atomic mass is 35.5. The van der Waals surface area contributed by atoms with E-state index in [4.69, 9.17) is 27.9 Å². The molecule has 1 saturated heterocycles. The van der Waals surface area contributed by atoms with E-state index in [-0.39, 0.29) is 12.5 Å². The summed E-state index contributed by atoms with van der Waals surface area (Å²) in [5.41, 5.74) is 0. The Bertz CT molecular complexity index is 479. The minimum Gasteiger partial charge on any atom is -0.482 e. The molecule has 1 heterocycles. The summed E-state index contributed by atoms with van der Waals surface area (Å²) in [4.78, 5) is 14.2. The van der Waals surface area contributed by atoms with Crippen LogP contribution in [0.1, 0.15) is 32.6 Å². The molecule has 0 bridgehead atoms. The van der Waals surface area contributed by atoms with Crippen LogP contribution in [0, 0.1) is 0 Å². The third-order valence-electron chi connectivity index (χ3n) is 3.66. The van der Waals surface area contributed by atoms with Gasteiger partial charge in [-0.1, -0.05) is 30.1 Å². The van der Waals surface area contributed by atoms with Crippen LogP contribution in [0.25, 0.3) is 0 Å². The second-order valence-electron chi connectivity index (χ2n) is 5.01. The molecule has 1 aromatic rings. The van der Waals surface area contributed by atoms with Gasteiger partial charge in [0.2, 0.25) is 0 Å². The van der Waals surface area contributed by atoms with Crippen molar-refractivity contribution in [3.8, 4) is 5.75 Å². The molecule has 0 radical (unpaired) electrons. The largest absolute Gasteiger partial charge is 0.482 e. The zero-order valence-electron chi connectivity index (χ0n) is 11.6. The van der Waals surface area contributed by atoms with E-state index in [0.29, 0.717) is 21.8 Å². The molecule has 1 aliphatic rings. The van der Waals surface area contributed by atoms with Crippen molar-refractivity contribution < 1.29 is 9.53 Å². The van der Waals surface area contributed by atoms with Gasteiger partial charge in [-0.05, 0) is 43.9 Å². The quantitative estimate of drug-likeness (QED) is 0.834. The summed E-state index contributed by atoms with van der Waals surface area (Å²) >= 11 is 11.8. The van der Waals surface area contributed by atoms with Crippen LogP contribution in [0.4, 0.5) is 0 Å². The van der Waals surface area contributed by atoms with Gasteiger partial charge in [0.1, 0.15) is 5.75 Å². The Kier molecular flexibility index (Phi) is 5.55. The molecule has 2 rings (SSSR count). The van der Waals surface area contributed by atoms with Crippen LogP contribution in [0.5, 0.6) is 5.75 Å². The zero-order valence-corrected chi connectivity index (χ0v) is 13.1. The van der Waals surface area contributed by atoms with Crippen molar-refractivity contribution in [2.24, 2.45) is 0 Å². The van der Waals surface area contributed by atoms with E-state index in [0.717, 1.165) is 25.8 Å². The summed E-state index contributed by atoms with van der Waals surface area (Å²) in [7, 11) is 0. The molecule has 0 saturated carbocycles. The first kappa shape index (κ1) is 15.5. The first-order valence-corrected chi connectivity index (χ1v) is 7.74. The Balaban J connectivity index is 1.94. The summed E-state index contributed by atoms with van der Waals surface area (Å²) in [5.74, 6) is 0.525. The second-order valence-corrected chi connectivity index (χ2v) is 5.85. The second kappa shape index (κ2) is 7.19. The van der Waals surface area contributed by atoms with Crippen molar-refractivity contribution in [3.05, 3.63) is 28.2 Å². The average molecular weight is 316 g/mol. The van der Waals surface area contributed by atoms with Gasteiger partial charge in [0.15, 0.2) is 6.61 Å². The van der Waals surface area contributed by atoms with Crippen LogP contribution >= 0.6 is 23.2 Å². The van der Waals surface area contributed by atoms with Gasteiger partial charge >= 0.3 is 0 Å². The molecule has 0 spiro atoms. The molecule has 1 fully saturated rings. The average Bonchev–Trinajstić information content (AvgIpc) is 2.46. The number of amides is 1. The number of hydrogen-bond acceptors (Lipinski definition) is 2. The molecular formula is C15H19Cl2NO2. The molecule has 20 heavy (non-hydrogen) atoms. The van der Waals surface area contributed by atoms with Gasteiger partial charge in [-0.25, -0.2) is 0 Å². The van der Waals surface area contributed by atoms with Crippen LogP contribution in [0.15, 0.2) is 18.2 Å². The first-order chi connectivity index (χ1) is 9.61. The van der Waals surface area contributed by atoms with Gasteiger partial charge in [-0.2, -0.15) is 0 Å². The molecule has 0 aliphatic carbocycles. The van der Waals surface area contributed by atoms with Gasteiger partial charge in [-0.15, -0.1) is 0 Å². The SMILES string of the molecule is CCC1CCCCN1C(=O)COc1ccc(Cl)cc1Cl. The highest BCUT2D eigenvalue weighted by Crippen LogP contribution is 2.27. The Labute approximate surface area is 129 Å². The molecule has 110 valence electrons. The van der Waals surface area contributed by atoms with Crippen molar-refractivity contribution in [2.45, 2.75) is 38.6 Å². The van der Waals surface area contributed by atoms with Crippen molar-refractivity contribution >= 4 is 29.1 Å². The van der Waals surface area contributed by atoms with Gasteiger partial charge in [-0.3, -0.25) is 4.79 Å². The Morgan fingerprint density at radius 1 is 1.40 bits per heavy atom. The van der Waals surface area contributed by atoms with Gasteiger partial charge < -0.3 is 9.64 Å². The molecule has 0 N–H and O–H groups in total. The number of hydrogen-bond donors (Lipinski definition) is 0. The van der Waals surface area contributed by atoms with E-state index in [9.17, 15) is 4.79 Å². The zero-order chi connectivity index (χ0) is 14.5. The first-order valence-electron chi connectivity index (χ1n) is 6.99. The molecule has 0 aromatic heterocycles. The topological polar surface area (TPSA) is 29.5 Å². The number of rotatable bonds is 4. The van der Waals surface area contributed by atoms with Crippen molar-refractivity contribution in [1.29, 1.82) is 0 Å². The monoisotopic (exact) mass is 315 g/mol. The molecule has 1 aliphatic heterocycles. The number of ether oxygens (including phenoxy) is 1. The number of carbonyl (C=O) groups excluding carboxylic acids is 1. The van der Waals surface area contributed by atoms with E-state index >= 15 is 0 Å². The number of nitrogens with zero attached hydrogens (tertiary/aromatic N) is 1. The molecule has 5 heteroatoms. The fourth-order valence-electron chi connectivity index (χ4n) is 2.57. The summed E-state index contributed by atoms with van der Waals surface area (Å²) in [6.45, 7) is 2.97. The fourth-order valence-corrected chi connectivity index (χ4v) is 3.03. The minimum atomic E-state index is 0.0256. The molecule has 1 unspecified atom stereocenters. The lowest BCUT2D eigenvalue weighted by Gasteiger charge is -2.35. The van der Waals surface area contributed by atoms with E-state index < -0.39 is 0 Å². The molecule has 1 atom stereocenters. The third-order valence-corrected chi connectivity index (χ3v) is 4.19. The van der Waals surface area contributed by atoms with E-state index in [1.54, 1.807) is 18.2 Å². The van der Waals surface area contributed by atoms with Crippen LogP contribution in [-0.2, 0) is 4.79 Å². The smallest absolute Gasteiger partial charge is 0.260 e. The van der Waals surface area contributed by atoms with E-state index in [1.165, 1.54) is 6.42 Å². The summed E-state index contributed by atoms with van der Waals surface area (Å²) in [6.07, 6.45) is 4.35. The maximum atomic E-state index is 12.3. The van der Waals surface area contributed by atoms with Crippen LogP contribution in [-0.4, -0.2) is 30.0 Å². The van der Waals surface area contributed by atoms with Crippen molar-refractivity contribution in [3.63, 3.8) is 0 Å². The Morgan fingerprint density at radius 2 is 2.20 bits per heavy atom. The summed E-state index contributed by atoms with van der Waals surface area (Å²) in [5, 5.41) is 0.978. The lowest BCUT2D eigenvalue weighted by molar-refractivity contribution is -0.137. The van der Waals surface area contributed by atoms with E-state index in [1.807, 2.05) is 4.90 Å². The number of piperidine rings is 1. The number of halogens is 2. The molecular weight excluding hydrogens is 297 g/mol. The highest BCUT2D eigenvalue weighted by molar-refractivity contribution is 6.35.